The Morgan fingerprint density at radius 2 is 1.48 bits per heavy atom. The molecule has 7 heteroatoms. The Balaban J connectivity index is 1.50. The minimum absolute atomic E-state index is 0.304. The highest BCUT2D eigenvalue weighted by Gasteiger charge is 2.18. The average molecular weight is 437 g/mol. The highest BCUT2D eigenvalue weighted by molar-refractivity contribution is 7.92. The van der Waals surface area contributed by atoms with E-state index in [1.165, 1.54) is 19.3 Å². The summed E-state index contributed by atoms with van der Waals surface area (Å²) in [6, 6.07) is 14.8. The Hall–Kier alpha value is -2.93. The maximum Gasteiger partial charge on any atom is 0.262 e. The molecule has 31 heavy (non-hydrogen) atoms. The van der Waals surface area contributed by atoms with Crippen molar-refractivity contribution in [1.82, 2.24) is 10.2 Å². The van der Waals surface area contributed by atoms with E-state index in [2.05, 4.69) is 19.8 Å². The molecular formula is C24H28N4O2S. The number of benzene rings is 2. The van der Waals surface area contributed by atoms with Crippen molar-refractivity contribution in [3.63, 3.8) is 0 Å². The zero-order valence-electron chi connectivity index (χ0n) is 18.2. The van der Waals surface area contributed by atoms with Crippen LogP contribution >= 0.6 is 0 Å². The molecular weight excluding hydrogens is 408 g/mol. The molecule has 0 aliphatic carbocycles. The van der Waals surface area contributed by atoms with E-state index in [1.807, 2.05) is 51.1 Å². The Morgan fingerprint density at radius 3 is 2.13 bits per heavy atom. The van der Waals surface area contributed by atoms with Crippen LogP contribution in [-0.2, 0) is 10.0 Å². The highest BCUT2D eigenvalue weighted by Crippen LogP contribution is 2.25. The molecule has 2 aromatic carbocycles. The van der Waals surface area contributed by atoms with E-state index in [1.54, 1.807) is 18.2 Å². The molecule has 0 radical (unpaired) electrons. The lowest BCUT2D eigenvalue weighted by atomic mass is 10.1. The van der Waals surface area contributed by atoms with Crippen molar-refractivity contribution in [3.8, 4) is 11.3 Å². The number of hydrogen-bond donors (Lipinski definition) is 1. The van der Waals surface area contributed by atoms with E-state index in [0.29, 0.717) is 10.6 Å². The van der Waals surface area contributed by atoms with E-state index in [9.17, 15) is 8.42 Å². The van der Waals surface area contributed by atoms with Gasteiger partial charge < -0.3 is 4.90 Å². The normalized spacial score (nSPS) is 14.5. The number of rotatable bonds is 5. The lowest BCUT2D eigenvalue weighted by Gasteiger charge is -2.27. The van der Waals surface area contributed by atoms with Crippen LogP contribution in [0.1, 0.15) is 36.0 Å². The monoisotopic (exact) mass is 436 g/mol. The second-order valence-electron chi connectivity index (χ2n) is 8.21. The summed E-state index contributed by atoms with van der Waals surface area (Å²) >= 11 is 0. The summed E-state index contributed by atoms with van der Waals surface area (Å²) in [5, 5.41) is 8.76. The van der Waals surface area contributed by atoms with Gasteiger partial charge >= 0.3 is 0 Å². The van der Waals surface area contributed by atoms with Crippen LogP contribution in [0, 0.1) is 20.8 Å². The van der Waals surface area contributed by atoms with Gasteiger partial charge in [0.25, 0.3) is 10.0 Å². The Bertz CT molecular complexity index is 1170. The fourth-order valence-electron chi connectivity index (χ4n) is 3.91. The molecule has 1 saturated heterocycles. The molecule has 1 aliphatic rings. The molecule has 2 heterocycles. The van der Waals surface area contributed by atoms with Gasteiger partial charge in [0.05, 0.1) is 10.6 Å². The van der Waals surface area contributed by atoms with Crippen LogP contribution in [0.3, 0.4) is 0 Å². The van der Waals surface area contributed by atoms with Gasteiger partial charge in [-0.1, -0.05) is 18.2 Å². The second-order valence-corrected chi connectivity index (χ2v) is 9.86. The predicted molar refractivity (Wildman–Crippen MR) is 125 cm³/mol. The van der Waals surface area contributed by atoms with Gasteiger partial charge in [0, 0.05) is 24.3 Å². The first-order valence-electron chi connectivity index (χ1n) is 10.6. The van der Waals surface area contributed by atoms with E-state index in [0.717, 1.165) is 46.9 Å². The predicted octanol–water partition coefficient (Wildman–Crippen LogP) is 4.86. The summed E-state index contributed by atoms with van der Waals surface area (Å²) in [4.78, 5) is 2.58. The van der Waals surface area contributed by atoms with Gasteiger partial charge in [-0.15, -0.1) is 10.2 Å². The molecule has 0 atom stereocenters. The molecule has 1 aliphatic heterocycles. The third-order valence-corrected chi connectivity index (χ3v) is 7.37. The van der Waals surface area contributed by atoms with Crippen LogP contribution in [0.25, 0.3) is 11.3 Å². The fraction of sp³-hybridized carbons (Fsp3) is 0.333. The zero-order chi connectivity index (χ0) is 22.0. The van der Waals surface area contributed by atoms with Gasteiger partial charge in [-0.2, -0.15) is 0 Å². The van der Waals surface area contributed by atoms with Crippen molar-refractivity contribution >= 4 is 21.5 Å². The molecule has 3 aromatic rings. The molecule has 4 rings (SSSR count). The van der Waals surface area contributed by atoms with E-state index in [-0.39, 0.29) is 0 Å². The van der Waals surface area contributed by atoms with Crippen molar-refractivity contribution in [2.75, 3.05) is 22.7 Å². The minimum atomic E-state index is -3.66. The molecule has 162 valence electrons. The summed E-state index contributed by atoms with van der Waals surface area (Å²) in [6.45, 7) is 7.77. The van der Waals surface area contributed by atoms with Crippen molar-refractivity contribution < 1.29 is 8.42 Å². The number of nitrogens with one attached hydrogen (secondary N) is 1. The van der Waals surface area contributed by atoms with E-state index < -0.39 is 10.0 Å². The number of hydrogen-bond acceptors (Lipinski definition) is 5. The van der Waals surface area contributed by atoms with Gasteiger partial charge in [0.1, 0.15) is 0 Å². The number of nitrogens with zero attached hydrogens (tertiary/aromatic N) is 3. The maximum atomic E-state index is 12.9. The molecule has 1 fully saturated rings. The Labute approximate surface area is 184 Å². The third-order valence-electron chi connectivity index (χ3n) is 5.84. The first-order valence-corrected chi connectivity index (χ1v) is 12.1. The van der Waals surface area contributed by atoms with Gasteiger partial charge in [0.2, 0.25) is 0 Å². The zero-order valence-corrected chi connectivity index (χ0v) is 19.0. The van der Waals surface area contributed by atoms with Gasteiger partial charge in [-0.25, -0.2) is 8.42 Å². The van der Waals surface area contributed by atoms with Crippen LogP contribution in [0.15, 0.2) is 53.4 Å². The topological polar surface area (TPSA) is 75.2 Å². The van der Waals surface area contributed by atoms with Crippen molar-refractivity contribution in [3.05, 3.63) is 65.2 Å². The Kier molecular flexibility index (Phi) is 5.96. The highest BCUT2D eigenvalue weighted by atomic mass is 32.2. The van der Waals surface area contributed by atoms with Crippen molar-refractivity contribution in [1.29, 1.82) is 0 Å². The smallest absolute Gasteiger partial charge is 0.262 e. The van der Waals surface area contributed by atoms with E-state index in [4.69, 9.17) is 0 Å². The van der Waals surface area contributed by atoms with Gasteiger partial charge in [-0.3, -0.25) is 4.72 Å². The largest absolute Gasteiger partial charge is 0.355 e. The molecule has 0 amide bonds. The van der Waals surface area contributed by atoms with Crippen molar-refractivity contribution in [2.24, 2.45) is 0 Å². The molecule has 0 saturated carbocycles. The molecule has 6 nitrogen and oxygen atoms in total. The van der Waals surface area contributed by atoms with Crippen LogP contribution < -0.4 is 9.62 Å². The number of aromatic nitrogens is 2. The van der Waals surface area contributed by atoms with E-state index >= 15 is 0 Å². The van der Waals surface area contributed by atoms with Gasteiger partial charge in [0.15, 0.2) is 5.82 Å². The van der Waals surface area contributed by atoms with Crippen molar-refractivity contribution in [2.45, 2.75) is 44.9 Å². The van der Waals surface area contributed by atoms with Crippen LogP contribution in [0.5, 0.6) is 0 Å². The first-order chi connectivity index (χ1) is 14.8. The van der Waals surface area contributed by atoms with Crippen LogP contribution in [-0.4, -0.2) is 31.7 Å². The molecule has 0 spiro atoms. The lowest BCUT2D eigenvalue weighted by Crippen LogP contribution is -2.30. The summed E-state index contributed by atoms with van der Waals surface area (Å²) in [7, 11) is -3.66. The number of anilines is 2. The maximum absolute atomic E-state index is 12.9. The SMILES string of the molecule is Cc1cc(C)c(S(=O)(=O)Nc2ccc(-c3ccc(N4CCCCC4)nn3)cc2)cc1C. The fourth-order valence-corrected chi connectivity index (χ4v) is 5.28. The number of aryl methyl sites for hydroxylation is 3. The average Bonchev–Trinajstić information content (AvgIpc) is 2.77. The lowest BCUT2D eigenvalue weighted by molar-refractivity contribution is 0.571. The van der Waals surface area contributed by atoms with Crippen LogP contribution in [0.2, 0.25) is 0 Å². The summed E-state index contributed by atoms with van der Waals surface area (Å²) in [6.07, 6.45) is 3.67. The minimum Gasteiger partial charge on any atom is -0.355 e. The summed E-state index contributed by atoms with van der Waals surface area (Å²) in [5.41, 5.74) is 4.93. The molecule has 1 aromatic heterocycles. The molecule has 0 unspecified atom stereocenters. The molecule has 0 bridgehead atoms. The Morgan fingerprint density at radius 1 is 0.806 bits per heavy atom. The molecule has 1 N–H and O–H groups in total. The van der Waals surface area contributed by atoms with Crippen LogP contribution in [0.4, 0.5) is 11.5 Å². The van der Waals surface area contributed by atoms with Gasteiger partial charge in [-0.05, 0) is 87.1 Å². The quantitative estimate of drug-likeness (QED) is 0.618. The summed E-state index contributed by atoms with van der Waals surface area (Å²) < 4.78 is 28.5. The third kappa shape index (κ3) is 4.71. The summed E-state index contributed by atoms with van der Waals surface area (Å²) in [5.74, 6) is 0.914. The second kappa shape index (κ2) is 8.67. The standard InChI is InChI=1S/C24H28N4O2S/c1-17-15-19(3)23(16-18(17)2)31(29,30)27-21-9-7-20(8-10-21)22-11-12-24(26-25-22)28-13-5-4-6-14-28/h7-12,15-16,27H,4-6,13-14H2,1-3H3. The number of piperidine rings is 1. The number of sulfonamides is 1. The first kappa shape index (κ1) is 21.3.